The first-order valence-corrected chi connectivity index (χ1v) is 9.30. The lowest BCUT2D eigenvalue weighted by Crippen LogP contribution is -2.48. The number of hydrogen-bond donors (Lipinski definition) is 2. The lowest BCUT2D eigenvalue weighted by atomic mass is 10.0. The first-order chi connectivity index (χ1) is 12.2. The number of piperidine rings is 1. The Morgan fingerprint density at radius 2 is 1.92 bits per heavy atom. The predicted octanol–water partition coefficient (Wildman–Crippen LogP) is 1.23. The second-order valence-electron chi connectivity index (χ2n) is 6.87. The van der Waals surface area contributed by atoms with Gasteiger partial charge in [0.25, 0.3) is 0 Å². The number of carbonyl (C=O) groups excluding carboxylic acids is 2. The van der Waals surface area contributed by atoms with E-state index in [2.05, 4.69) is 27.7 Å². The van der Waals surface area contributed by atoms with Crippen LogP contribution in [0.15, 0.2) is 30.3 Å². The normalized spacial score (nSPS) is 19.0. The predicted molar refractivity (Wildman–Crippen MR) is 97.3 cm³/mol. The summed E-state index contributed by atoms with van der Waals surface area (Å²) in [5, 5.41) is 5.88. The molecule has 0 bridgehead atoms. The summed E-state index contributed by atoms with van der Waals surface area (Å²) in [6.45, 7) is 4.51. The molecule has 0 saturated carbocycles. The topological polar surface area (TPSA) is 64.7 Å². The Balaban J connectivity index is 1.29. The Bertz CT molecular complexity index is 570. The van der Waals surface area contributed by atoms with Gasteiger partial charge in [0.05, 0.1) is 6.54 Å². The van der Waals surface area contributed by atoms with Crippen LogP contribution in [0, 0.1) is 0 Å². The van der Waals surface area contributed by atoms with Crippen molar-refractivity contribution in [2.24, 2.45) is 0 Å². The number of hydrogen-bond acceptors (Lipinski definition) is 3. The second-order valence-corrected chi connectivity index (χ2v) is 6.87. The van der Waals surface area contributed by atoms with Gasteiger partial charge in [-0.15, -0.1) is 0 Å². The summed E-state index contributed by atoms with van der Waals surface area (Å²) >= 11 is 0. The zero-order chi connectivity index (χ0) is 17.5. The molecule has 2 aliphatic heterocycles. The fourth-order valence-corrected chi connectivity index (χ4v) is 3.65. The smallest absolute Gasteiger partial charge is 0.317 e. The third kappa shape index (κ3) is 5.19. The maximum absolute atomic E-state index is 12.1. The van der Waals surface area contributed by atoms with E-state index in [4.69, 9.17) is 0 Å². The van der Waals surface area contributed by atoms with Gasteiger partial charge >= 0.3 is 6.03 Å². The van der Waals surface area contributed by atoms with Gasteiger partial charge in [0.15, 0.2) is 0 Å². The highest BCUT2D eigenvalue weighted by Crippen LogP contribution is 2.17. The molecule has 2 aliphatic rings. The van der Waals surface area contributed by atoms with Crippen LogP contribution in [-0.4, -0.2) is 67.0 Å². The average molecular weight is 344 g/mol. The van der Waals surface area contributed by atoms with Gasteiger partial charge in [-0.25, -0.2) is 4.79 Å². The molecule has 1 aromatic carbocycles. The summed E-state index contributed by atoms with van der Waals surface area (Å²) in [4.78, 5) is 27.9. The number of amides is 3. The highest BCUT2D eigenvalue weighted by Gasteiger charge is 2.30. The van der Waals surface area contributed by atoms with Gasteiger partial charge in [-0.1, -0.05) is 30.3 Å². The Labute approximate surface area is 149 Å². The van der Waals surface area contributed by atoms with Gasteiger partial charge in [-0.05, 0) is 31.2 Å². The third-order valence-corrected chi connectivity index (χ3v) is 5.06. The minimum Gasteiger partial charge on any atom is -0.355 e. The quantitative estimate of drug-likeness (QED) is 0.731. The van der Waals surface area contributed by atoms with E-state index < -0.39 is 0 Å². The molecule has 0 spiro atoms. The summed E-state index contributed by atoms with van der Waals surface area (Å²) in [6, 6.07) is 10.7. The van der Waals surface area contributed by atoms with Crippen molar-refractivity contribution in [3.63, 3.8) is 0 Å². The summed E-state index contributed by atoms with van der Waals surface area (Å²) in [6.07, 6.45) is 3.86. The highest BCUT2D eigenvalue weighted by molar-refractivity contribution is 5.78. The van der Waals surface area contributed by atoms with Crippen LogP contribution in [0.3, 0.4) is 0 Å². The number of nitrogens with zero attached hydrogens (tertiary/aromatic N) is 2. The SMILES string of the molecule is O=C(CN1CCC(N2CCNC2=O)CC1)NCCCc1ccccc1. The molecule has 2 heterocycles. The molecule has 0 aliphatic carbocycles. The molecule has 0 radical (unpaired) electrons. The van der Waals surface area contributed by atoms with E-state index in [1.165, 1.54) is 5.56 Å². The van der Waals surface area contributed by atoms with Gasteiger partial charge in [0.2, 0.25) is 5.91 Å². The van der Waals surface area contributed by atoms with Crippen molar-refractivity contribution in [3.8, 4) is 0 Å². The van der Waals surface area contributed by atoms with Crippen molar-refractivity contribution in [1.82, 2.24) is 20.4 Å². The largest absolute Gasteiger partial charge is 0.355 e. The molecule has 3 amide bonds. The lowest BCUT2D eigenvalue weighted by molar-refractivity contribution is -0.122. The summed E-state index contributed by atoms with van der Waals surface area (Å²) in [5.74, 6) is 0.102. The maximum Gasteiger partial charge on any atom is 0.317 e. The number of urea groups is 1. The van der Waals surface area contributed by atoms with Crippen molar-refractivity contribution in [2.45, 2.75) is 31.7 Å². The summed E-state index contributed by atoms with van der Waals surface area (Å²) in [7, 11) is 0. The Morgan fingerprint density at radius 3 is 2.60 bits per heavy atom. The summed E-state index contributed by atoms with van der Waals surface area (Å²) < 4.78 is 0. The van der Waals surface area contributed by atoms with Crippen LogP contribution in [0.5, 0.6) is 0 Å². The van der Waals surface area contributed by atoms with E-state index >= 15 is 0 Å². The minimum atomic E-state index is 0.0645. The molecule has 25 heavy (non-hydrogen) atoms. The van der Waals surface area contributed by atoms with Crippen molar-refractivity contribution in [1.29, 1.82) is 0 Å². The molecule has 1 aromatic rings. The van der Waals surface area contributed by atoms with Crippen LogP contribution in [-0.2, 0) is 11.2 Å². The van der Waals surface area contributed by atoms with E-state index in [0.717, 1.165) is 58.4 Å². The molecule has 6 nitrogen and oxygen atoms in total. The van der Waals surface area contributed by atoms with Crippen LogP contribution in [0.4, 0.5) is 4.79 Å². The maximum atomic E-state index is 12.1. The zero-order valence-corrected chi connectivity index (χ0v) is 14.7. The van der Waals surface area contributed by atoms with Crippen LogP contribution in [0.1, 0.15) is 24.8 Å². The number of likely N-dealkylation sites (tertiary alicyclic amines) is 1. The van der Waals surface area contributed by atoms with Crippen LogP contribution >= 0.6 is 0 Å². The molecular formula is C19H28N4O2. The number of carbonyl (C=O) groups is 2. The van der Waals surface area contributed by atoms with E-state index in [9.17, 15) is 9.59 Å². The molecule has 0 unspecified atom stereocenters. The molecular weight excluding hydrogens is 316 g/mol. The second kappa shape index (κ2) is 8.85. The number of nitrogens with one attached hydrogen (secondary N) is 2. The Hall–Kier alpha value is -2.08. The lowest BCUT2D eigenvalue weighted by Gasteiger charge is -2.35. The van der Waals surface area contributed by atoms with Crippen LogP contribution in [0.2, 0.25) is 0 Å². The van der Waals surface area contributed by atoms with Gasteiger partial charge in [0.1, 0.15) is 0 Å². The molecule has 2 saturated heterocycles. The monoisotopic (exact) mass is 344 g/mol. The van der Waals surface area contributed by atoms with E-state index in [1.807, 2.05) is 23.1 Å². The van der Waals surface area contributed by atoms with Crippen LogP contribution in [0.25, 0.3) is 0 Å². The molecule has 136 valence electrons. The zero-order valence-electron chi connectivity index (χ0n) is 14.7. The number of benzene rings is 1. The highest BCUT2D eigenvalue weighted by atomic mass is 16.2. The standard InChI is InChI=1S/C19H28N4O2/c24-18(20-10-4-7-16-5-2-1-3-6-16)15-22-12-8-17(9-13-22)23-14-11-21-19(23)25/h1-3,5-6,17H,4,7-15H2,(H,20,24)(H,21,25). The minimum absolute atomic E-state index is 0.0645. The van der Waals surface area contributed by atoms with Crippen molar-refractivity contribution in [2.75, 3.05) is 39.3 Å². The van der Waals surface area contributed by atoms with Gasteiger partial charge in [-0.3, -0.25) is 9.69 Å². The van der Waals surface area contributed by atoms with E-state index in [1.54, 1.807) is 0 Å². The average Bonchev–Trinajstić information content (AvgIpc) is 3.06. The molecule has 6 heteroatoms. The Kier molecular flexibility index (Phi) is 6.28. The molecule has 0 aromatic heterocycles. The van der Waals surface area contributed by atoms with Gasteiger partial charge in [0, 0.05) is 38.8 Å². The fourth-order valence-electron chi connectivity index (χ4n) is 3.65. The molecule has 0 atom stereocenters. The van der Waals surface area contributed by atoms with E-state index in [-0.39, 0.29) is 11.9 Å². The number of aryl methyl sites for hydroxylation is 1. The van der Waals surface area contributed by atoms with Gasteiger partial charge < -0.3 is 15.5 Å². The molecule has 2 N–H and O–H groups in total. The molecule has 3 rings (SSSR count). The van der Waals surface area contributed by atoms with E-state index in [0.29, 0.717) is 12.6 Å². The summed E-state index contributed by atoms with van der Waals surface area (Å²) in [5.41, 5.74) is 1.31. The fraction of sp³-hybridized carbons (Fsp3) is 0.579. The van der Waals surface area contributed by atoms with Gasteiger partial charge in [-0.2, -0.15) is 0 Å². The molecule has 2 fully saturated rings. The third-order valence-electron chi connectivity index (χ3n) is 5.06. The van der Waals surface area contributed by atoms with Crippen molar-refractivity contribution in [3.05, 3.63) is 35.9 Å². The number of rotatable bonds is 7. The Morgan fingerprint density at radius 1 is 1.16 bits per heavy atom. The van der Waals surface area contributed by atoms with Crippen molar-refractivity contribution < 1.29 is 9.59 Å². The van der Waals surface area contributed by atoms with Crippen LogP contribution < -0.4 is 10.6 Å². The first kappa shape index (κ1) is 17.7. The first-order valence-electron chi connectivity index (χ1n) is 9.30. The van der Waals surface area contributed by atoms with Crippen molar-refractivity contribution >= 4 is 11.9 Å².